The van der Waals surface area contributed by atoms with Crippen LogP contribution in [-0.4, -0.2) is 24.4 Å². The molecule has 7 heteroatoms. The molecule has 0 fully saturated rings. The second-order valence-electron chi connectivity index (χ2n) is 7.60. The Balaban J connectivity index is 1.91. The monoisotopic (exact) mass is 455 g/mol. The topological polar surface area (TPSA) is 74.2 Å². The lowest BCUT2D eigenvalue weighted by molar-refractivity contribution is -0.134. The minimum atomic E-state index is -0.555. The van der Waals surface area contributed by atoms with Gasteiger partial charge in [-0.2, -0.15) is 0 Å². The molecule has 1 heterocycles. The maximum absolute atomic E-state index is 12.4. The summed E-state index contributed by atoms with van der Waals surface area (Å²) < 4.78 is 16.3. The van der Waals surface area contributed by atoms with Crippen molar-refractivity contribution in [3.05, 3.63) is 63.8 Å². The van der Waals surface area contributed by atoms with Crippen LogP contribution in [0.5, 0.6) is 11.5 Å². The Hall–Kier alpha value is -3.12. The number of hydrogen-bond donors (Lipinski definition) is 0. The van der Waals surface area contributed by atoms with Crippen molar-refractivity contribution in [1.29, 1.82) is 0 Å². The van der Waals surface area contributed by atoms with Gasteiger partial charge < -0.3 is 14.2 Å². The molecule has 0 N–H and O–H groups in total. The van der Waals surface area contributed by atoms with Crippen LogP contribution in [0.3, 0.4) is 0 Å². The van der Waals surface area contributed by atoms with Crippen molar-refractivity contribution in [3.8, 4) is 11.5 Å². The third-order valence-corrected chi connectivity index (χ3v) is 5.03. The van der Waals surface area contributed by atoms with Gasteiger partial charge >= 0.3 is 11.9 Å². The fourth-order valence-corrected chi connectivity index (χ4v) is 3.36. The lowest BCUT2D eigenvalue weighted by Gasteiger charge is -2.13. The first-order chi connectivity index (χ1) is 15.3. The summed E-state index contributed by atoms with van der Waals surface area (Å²) in [6, 6.07) is 11.0. The summed E-state index contributed by atoms with van der Waals surface area (Å²) in [5.74, 6) is 0.187. The summed E-state index contributed by atoms with van der Waals surface area (Å²) >= 11 is 6.36. The van der Waals surface area contributed by atoms with Crippen molar-refractivity contribution < 1.29 is 23.8 Å². The lowest BCUT2D eigenvalue weighted by atomic mass is 10.0. The first-order valence-corrected chi connectivity index (χ1v) is 11.0. The zero-order valence-corrected chi connectivity index (χ0v) is 19.4. The Labute approximate surface area is 192 Å². The van der Waals surface area contributed by atoms with Crippen LogP contribution in [0, 0.1) is 0 Å². The van der Waals surface area contributed by atoms with Crippen LogP contribution in [0.1, 0.15) is 63.1 Å². The van der Waals surface area contributed by atoms with Gasteiger partial charge in [-0.05, 0) is 60.7 Å². The van der Waals surface area contributed by atoms with E-state index in [2.05, 4.69) is 18.8 Å². The fourth-order valence-electron chi connectivity index (χ4n) is 3.10. The maximum Gasteiger partial charge on any atom is 0.363 e. The Bertz CT molecular complexity index is 1070. The highest BCUT2D eigenvalue weighted by Crippen LogP contribution is 2.38. The van der Waals surface area contributed by atoms with Crippen LogP contribution in [-0.2, 0) is 14.3 Å². The second-order valence-corrected chi connectivity index (χ2v) is 8.01. The van der Waals surface area contributed by atoms with Crippen molar-refractivity contribution in [2.45, 2.75) is 46.5 Å². The molecule has 2 aromatic carbocycles. The fraction of sp³-hybridized carbons (Fsp3) is 0.320. The number of halogens is 1. The number of hydrogen-bond acceptors (Lipinski definition) is 6. The molecule has 3 rings (SSSR count). The minimum absolute atomic E-state index is 0.141. The molecule has 1 aliphatic rings. The van der Waals surface area contributed by atoms with Gasteiger partial charge in [-0.15, -0.1) is 0 Å². The SMILES string of the molecule is CCCC(=O)Oc1c(Cl)cc(/C=C2\N=C(c3ccc(C(C)C)cc3)OC2=O)cc1OCC. The van der Waals surface area contributed by atoms with Crippen LogP contribution >= 0.6 is 11.6 Å². The van der Waals surface area contributed by atoms with E-state index in [0.717, 1.165) is 5.56 Å². The van der Waals surface area contributed by atoms with E-state index in [1.807, 2.05) is 38.1 Å². The summed E-state index contributed by atoms with van der Waals surface area (Å²) in [6.07, 6.45) is 2.49. The van der Waals surface area contributed by atoms with Gasteiger partial charge in [-0.3, -0.25) is 4.79 Å². The third-order valence-electron chi connectivity index (χ3n) is 4.75. The first-order valence-electron chi connectivity index (χ1n) is 10.6. The zero-order chi connectivity index (χ0) is 23.3. The number of nitrogens with zero attached hydrogens (tertiary/aromatic N) is 1. The maximum atomic E-state index is 12.4. The van der Waals surface area contributed by atoms with Gasteiger partial charge in [0.05, 0.1) is 11.6 Å². The summed E-state index contributed by atoms with van der Waals surface area (Å²) in [4.78, 5) is 28.7. The predicted octanol–water partition coefficient (Wildman–Crippen LogP) is 5.91. The van der Waals surface area contributed by atoms with Gasteiger partial charge in [0.15, 0.2) is 17.2 Å². The number of aliphatic imine (C=N–C) groups is 1. The largest absolute Gasteiger partial charge is 0.490 e. The van der Waals surface area contributed by atoms with Gasteiger partial charge in [-0.25, -0.2) is 9.79 Å². The molecule has 0 amide bonds. The minimum Gasteiger partial charge on any atom is -0.490 e. The van der Waals surface area contributed by atoms with Gasteiger partial charge in [0.2, 0.25) is 5.90 Å². The molecule has 0 atom stereocenters. The summed E-state index contributed by atoms with van der Waals surface area (Å²) in [7, 11) is 0. The van der Waals surface area contributed by atoms with E-state index in [1.165, 1.54) is 5.56 Å². The molecular weight excluding hydrogens is 430 g/mol. The highest BCUT2D eigenvalue weighted by atomic mass is 35.5. The van der Waals surface area contributed by atoms with Crippen molar-refractivity contribution >= 4 is 35.5 Å². The lowest BCUT2D eigenvalue weighted by Crippen LogP contribution is -2.09. The molecule has 0 spiro atoms. The number of ether oxygens (including phenoxy) is 3. The standard InChI is InChI=1S/C25H26ClNO5/c1-5-7-22(28)31-23-19(26)12-16(14-21(23)30-6-2)13-20-25(29)32-24(27-20)18-10-8-17(9-11-18)15(3)4/h8-15H,5-7H2,1-4H3/b20-13-. The van der Waals surface area contributed by atoms with Crippen LogP contribution < -0.4 is 9.47 Å². The normalized spacial score (nSPS) is 14.5. The molecule has 0 unspecified atom stereocenters. The molecule has 0 aromatic heterocycles. The van der Waals surface area contributed by atoms with E-state index in [-0.39, 0.29) is 28.8 Å². The molecule has 0 saturated carbocycles. The van der Waals surface area contributed by atoms with Crippen molar-refractivity contribution in [3.63, 3.8) is 0 Å². The molecule has 0 radical (unpaired) electrons. The molecule has 2 aromatic rings. The number of carbonyl (C=O) groups is 2. The van der Waals surface area contributed by atoms with Gasteiger partial charge in [0.1, 0.15) is 0 Å². The number of rotatable bonds is 8. The molecule has 1 aliphatic heterocycles. The van der Waals surface area contributed by atoms with Crippen LogP contribution in [0.25, 0.3) is 6.08 Å². The average molecular weight is 456 g/mol. The van der Waals surface area contributed by atoms with Crippen LogP contribution in [0.4, 0.5) is 0 Å². The van der Waals surface area contributed by atoms with Gasteiger partial charge in [-0.1, -0.05) is 44.5 Å². The van der Waals surface area contributed by atoms with Crippen LogP contribution in [0.2, 0.25) is 5.02 Å². The molecule has 168 valence electrons. The van der Waals surface area contributed by atoms with E-state index in [0.29, 0.717) is 30.3 Å². The third kappa shape index (κ3) is 5.56. The summed E-state index contributed by atoms with van der Waals surface area (Å²) in [6.45, 7) is 8.27. The quantitative estimate of drug-likeness (QED) is 0.281. The van der Waals surface area contributed by atoms with E-state index in [1.54, 1.807) is 18.2 Å². The van der Waals surface area contributed by atoms with Gasteiger partial charge in [0, 0.05) is 12.0 Å². The number of benzene rings is 2. The van der Waals surface area contributed by atoms with E-state index in [9.17, 15) is 9.59 Å². The molecule has 32 heavy (non-hydrogen) atoms. The summed E-state index contributed by atoms with van der Waals surface area (Å²) in [5, 5.41) is 0.201. The Morgan fingerprint density at radius 3 is 2.53 bits per heavy atom. The first kappa shape index (κ1) is 23.5. The Morgan fingerprint density at radius 2 is 1.91 bits per heavy atom. The number of carbonyl (C=O) groups excluding carboxylic acids is 2. The van der Waals surface area contributed by atoms with E-state index < -0.39 is 11.9 Å². The van der Waals surface area contributed by atoms with Gasteiger partial charge in [0.25, 0.3) is 0 Å². The molecule has 0 aliphatic carbocycles. The van der Waals surface area contributed by atoms with E-state index >= 15 is 0 Å². The number of esters is 2. The molecule has 6 nitrogen and oxygen atoms in total. The average Bonchev–Trinajstić information content (AvgIpc) is 3.11. The highest BCUT2D eigenvalue weighted by Gasteiger charge is 2.25. The second kappa shape index (κ2) is 10.5. The van der Waals surface area contributed by atoms with Crippen LogP contribution in [0.15, 0.2) is 47.1 Å². The molecular formula is C25H26ClNO5. The predicted molar refractivity (Wildman–Crippen MR) is 124 cm³/mol. The zero-order valence-electron chi connectivity index (χ0n) is 18.6. The highest BCUT2D eigenvalue weighted by molar-refractivity contribution is 6.32. The van der Waals surface area contributed by atoms with Crippen molar-refractivity contribution in [1.82, 2.24) is 0 Å². The van der Waals surface area contributed by atoms with Crippen molar-refractivity contribution in [2.24, 2.45) is 4.99 Å². The molecule has 0 bridgehead atoms. The van der Waals surface area contributed by atoms with E-state index in [4.69, 9.17) is 25.8 Å². The van der Waals surface area contributed by atoms with Crippen molar-refractivity contribution in [2.75, 3.05) is 6.61 Å². The summed E-state index contributed by atoms with van der Waals surface area (Å²) in [5.41, 5.74) is 2.62. The number of cyclic esters (lactones) is 1. The Kier molecular flexibility index (Phi) is 7.70. The smallest absolute Gasteiger partial charge is 0.363 e. The molecule has 0 saturated heterocycles. The Morgan fingerprint density at radius 1 is 1.19 bits per heavy atom.